The second-order valence-electron chi connectivity index (χ2n) is 6.17. The van der Waals surface area contributed by atoms with Crippen molar-refractivity contribution in [3.63, 3.8) is 0 Å². The third kappa shape index (κ3) is 3.07. The Morgan fingerprint density at radius 1 is 0.952 bits per heavy atom. The zero-order chi connectivity index (χ0) is 14.9. The van der Waals surface area contributed by atoms with Gasteiger partial charge in [0.1, 0.15) is 0 Å². The van der Waals surface area contributed by atoms with E-state index in [1.165, 1.54) is 5.56 Å². The van der Waals surface area contributed by atoms with Gasteiger partial charge in [-0.05, 0) is 46.9 Å². The average molecular weight is 281 g/mol. The quantitative estimate of drug-likeness (QED) is 0.761. The molecule has 0 saturated heterocycles. The van der Waals surface area contributed by atoms with Crippen LogP contribution in [-0.4, -0.2) is 13.0 Å². The summed E-state index contributed by atoms with van der Waals surface area (Å²) in [5.41, 5.74) is 3.42. The lowest BCUT2D eigenvalue weighted by Gasteiger charge is -2.18. The van der Waals surface area contributed by atoms with Crippen LogP contribution in [-0.2, 0) is 5.41 Å². The highest BCUT2D eigenvalue weighted by Crippen LogP contribution is 2.32. The molecule has 0 aliphatic carbocycles. The first kappa shape index (κ1) is 13.7. The van der Waals surface area contributed by atoms with Crippen molar-refractivity contribution in [2.75, 3.05) is 6.79 Å². The van der Waals surface area contributed by atoms with E-state index in [9.17, 15) is 0 Å². The molecule has 0 radical (unpaired) electrons. The van der Waals surface area contributed by atoms with E-state index in [-0.39, 0.29) is 5.41 Å². The summed E-state index contributed by atoms with van der Waals surface area (Å²) in [7, 11) is 0. The number of hydrogen-bond donors (Lipinski definition) is 0. The fourth-order valence-electron chi connectivity index (χ4n) is 2.19. The van der Waals surface area contributed by atoms with Crippen LogP contribution in [0.5, 0.6) is 11.5 Å². The van der Waals surface area contributed by atoms with Gasteiger partial charge in [-0.25, -0.2) is 0 Å². The molecule has 0 spiro atoms. The first-order chi connectivity index (χ1) is 10.0. The molecule has 0 unspecified atom stereocenters. The summed E-state index contributed by atoms with van der Waals surface area (Å²) in [6.07, 6.45) is 1.84. The molecule has 1 aliphatic rings. The molecule has 0 aromatic heterocycles. The van der Waals surface area contributed by atoms with E-state index in [0.717, 1.165) is 22.7 Å². The van der Waals surface area contributed by atoms with Gasteiger partial charge < -0.3 is 9.47 Å². The van der Waals surface area contributed by atoms with Crippen LogP contribution in [0.2, 0.25) is 0 Å². The summed E-state index contributed by atoms with van der Waals surface area (Å²) in [4.78, 5) is 4.50. The molecule has 1 aliphatic heterocycles. The standard InChI is InChI=1S/C18H19NO2/c1-18(2,3)14-5-7-15(8-6-14)19-11-13-4-9-16-17(10-13)21-12-20-16/h4-11H,12H2,1-3H3. The van der Waals surface area contributed by atoms with Crippen LogP contribution in [0.25, 0.3) is 0 Å². The molecule has 21 heavy (non-hydrogen) atoms. The predicted molar refractivity (Wildman–Crippen MR) is 85.0 cm³/mol. The maximum atomic E-state index is 5.36. The molecule has 0 saturated carbocycles. The van der Waals surface area contributed by atoms with Crippen LogP contribution in [0.4, 0.5) is 5.69 Å². The Kier molecular flexibility index (Phi) is 3.42. The number of rotatable bonds is 2. The van der Waals surface area contributed by atoms with Crippen molar-refractivity contribution in [1.29, 1.82) is 0 Å². The molecular formula is C18H19NO2. The monoisotopic (exact) mass is 281 g/mol. The van der Waals surface area contributed by atoms with Crippen molar-refractivity contribution in [2.24, 2.45) is 4.99 Å². The third-order valence-electron chi connectivity index (χ3n) is 3.49. The van der Waals surface area contributed by atoms with Gasteiger partial charge in [-0.3, -0.25) is 4.99 Å². The van der Waals surface area contributed by atoms with E-state index in [1.54, 1.807) is 0 Å². The van der Waals surface area contributed by atoms with E-state index in [0.29, 0.717) is 6.79 Å². The molecule has 0 atom stereocenters. The third-order valence-corrected chi connectivity index (χ3v) is 3.49. The Morgan fingerprint density at radius 3 is 2.38 bits per heavy atom. The Hall–Kier alpha value is -2.29. The van der Waals surface area contributed by atoms with Crippen LogP contribution in [0, 0.1) is 0 Å². The molecule has 3 heteroatoms. The largest absolute Gasteiger partial charge is 0.454 e. The van der Waals surface area contributed by atoms with Gasteiger partial charge in [0.2, 0.25) is 6.79 Å². The Labute approximate surface area is 125 Å². The highest BCUT2D eigenvalue weighted by Gasteiger charge is 2.13. The van der Waals surface area contributed by atoms with E-state index < -0.39 is 0 Å². The summed E-state index contributed by atoms with van der Waals surface area (Å²) in [6, 6.07) is 14.2. The molecule has 0 bridgehead atoms. The minimum atomic E-state index is 0.166. The fourth-order valence-corrected chi connectivity index (χ4v) is 2.19. The molecule has 0 amide bonds. The number of benzene rings is 2. The van der Waals surface area contributed by atoms with Crippen molar-refractivity contribution < 1.29 is 9.47 Å². The molecule has 0 N–H and O–H groups in total. The van der Waals surface area contributed by atoms with E-state index >= 15 is 0 Å². The van der Waals surface area contributed by atoms with Crippen LogP contribution < -0.4 is 9.47 Å². The highest BCUT2D eigenvalue weighted by molar-refractivity contribution is 5.83. The van der Waals surface area contributed by atoms with Gasteiger partial charge >= 0.3 is 0 Å². The van der Waals surface area contributed by atoms with Crippen LogP contribution in [0.1, 0.15) is 31.9 Å². The van der Waals surface area contributed by atoms with E-state index in [1.807, 2.05) is 36.5 Å². The average Bonchev–Trinajstić information content (AvgIpc) is 2.92. The van der Waals surface area contributed by atoms with Crippen LogP contribution in [0.3, 0.4) is 0 Å². The van der Waals surface area contributed by atoms with E-state index in [2.05, 4.69) is 37.9 Å². The van der Waals surface area contributed by atoms with Gasteiger partial charge in [-0.2, -0.15) is 0 Å². The Bertz CT molecular complexity index is 667. The Balaban J connectivity index is 1.77. The van der Waals surface area contributed by atoms with Gasteiger partial charge in [0.05, 0.1) is 5.69 Å². The second-order valence-corrected chi connectivity index (χ2v) is 6.17. The molecule has 3 rings (SSSR count). The van der Waals surface area contributed by atoms with Crippen LogP contribution >= 0.6 is 0 Å². The van der Waals surface area contributed by atoms with Crippen molar-refractivity contribution in [1.82, 2.24) is 0 Å². The number of fused-ring (bicyclic) bond motifs is 1. The summed E-state index contributed by atoms with van der Waals surface area (Å²) < 4.78 is 10.7. The lowest BCUT2D eigenvalue weighted by atomic mass is 9.87. The topological polar surface area (TPSA) is 30.8 Å². The second kappa shape index (κ2) is 5.24. The van der Waals surface area contributed by atoms with Gasteiger partial charge in [0, 0.05) is 6.21 Å². The predicted octanol–water partition coefficient (Wildman–Crippen LogP) is 4.46. The lowest BCUT2D eigenvalue weighted by molar-refractivity contribution is 0.174. The molecule has 2 aromatic carbocycles. The number of hydrogen-bond acceptors (Lipinski definition) is 3. The van der Waals surface area contributed by atoms with Gasteiger partial charge in [-0.1, -0.05) is 32.9 Å². The van der Waals surface area contributed by atoms with Gasteiger partial charge in [0.25, 0.3) is 0 Å². The summed E-state index contributed by atoms with van der Waals surface area (Å²) >= 11 is 0. The first-order valence-electron chi connectivity index (χ1n) is 7.07. The first-order valence-corrected chi connectivity index (χ1v) is 7.07. The van der Waals surface area contributed by atoms with Crippen molar-refractivity contribution in [3.8, 4) is 11.5 Å². The minimum Gasteiger partial charge on any atom is -0.454 e. The maximum Gasteiger partial charge on any atom is 0.231 e. The van der Waals surface area contributed by atoms with Crippen molar-refractivity contribution in [2.45, 2.75) is 26.2 Å². The van der Waals surface area contributed by atoms with Crippen LogP contribution in [0.15, 0.2) is 47.5 Å². The lowest BCUT2D eigenvalue weighted by Crippen LogP contribution is -2.10. The number of ether oxygens (including phenoxy) is 2. The summed E-state index contributed by atoms with van der Waals surface area (Å²) in [5, 5.41) is 0. The number of nitrogens with zero attached hydrogens (tertiary/aromatic N) is 1. The fraction of sp³-hybridized carbons (Fsp3) is 0.278. The molecule has 3 nitrogen and oxygen atoms in total. The smallest absolute Gasteiger partial charge is 0.231 e. The molecular weight excluding hydrogens is 262 g/mol. The molecule has 108 valence electrons. The normalized spacial score (nSPS) is 13.9. The van der Waals surface area contributed by atoms with Crippen molar-refractivity contribution in [3.05, 3.63) is 53.6 Å². The minimum absolute atomic E-state index is 0.166. The van der Waals surface area contributed by atoms with Gasteiger partial charge in [0.15, 0.2) is 11.5 Å². The zero-order valence-electron chi connectivity index (χ0n) is 12.6. The van der Waals surface area contributed by atoms with Crippen molar-refractivity contribution >= 4 is 11.9 Å². The molecule has 0 fully saturated rings. The van der Waals surface area contributed by atoms with Gasteiger partial charge in [-0.15, -0.1) is 0 Å². The zero-order valence-corrected chi connectivity index (χ0v) is 12.6. The van der Waals surface area contributed by atoms with E-state index in [4.69, 9.17) is 9.47 Å². The number of aliphatic imine (C=N–C) groups is 1. The molecule has 2 aromatic rings. The maximum absolute atomic E-state index is 5.36. The summed E-state index contributed by atoms with van der Waals surface area (Å²) in [5.74, 6) is 1.57. The molecule has 1 heterocycles. The summed E-state index contributed by atoms with van der Waals surface area (Å²) in [6.45, 7) is 6.91. The highest BCUT2D eigenvalue weighted by atomic mass is 16.7. The Morgan fingerprint density at radius 2 is 1.67 bits per heavy atom. The SMILES string of the molecule is CC(C)(C)c1ccc(N=Cc2ccc3c(c2)OCO3)cc1.